The second-order valence-corrected chi connectivity index (χ2v) is 11.5. The molecule has 2 aromatic rings. The first-order valence-electron chi connectivity index (χ1n) is 11.1. The molecule has 0 aromatic heterocycles. The number of nitrogens with zero attached hydrogens (tertiary/aromatic N) is 2. The summed E-state index contributed by atoms with van der Waals surface area (Å²) in [6.07, 6.45) is 0.666. The molecule has 1 aliphatic rings. The number of ether oxygens (including phenoxy) is 1. The maximum Gasteiger partial charge on any atom is 0.264 e. The van der Waals surface area contributed by atoms with Crippen LogP contribution in [0.25, 0.3) is 0 Å². The third-order valence-electron chi connectivity index (χ3n) is 5.96. The van der Waals surface area contributed by atoms with Crippen LogP contribution in [-0.4, -0.2) is 67.2 Å². The molecule has 1 saturated heterocycles. The van der Waals surface area contributed by atoms with Gasteiger partial charge in [0.25, 0.3) is 16.0 Å². The molecule has 0 spiro atoms. The van der Waals surface area contributed by atoms with Gasteiger partial charge in [-0.25, -0.2) is 0 Å². The Morgan fingerprint density at radius 3 is 2.47 bits per heavy atom. The van der Waals surface area contributed by atoms with E-state index in [0.717, 1.165) is 40.3 Å². The summed E-state index contributed by atoms with van der Waals surface area (Å²) in [6, 6.07) is 9.54. The number of benzene rings is 2. The Hall–Kier alpha value is -1.65. The SMILES string of the molecule is Cc1cc(CN2CCN(C(=O)COc3ccc(Br)cc3CCCS(=O)(=O)O)CC2)c(C)cc1Cl. The van der Waals surface area contributed by atoms with Gasteiger partial charge < -0.3 is 9.64 Å². The summed E-state index contributed by atoms with van der Waals surface area (Å²) in [7, 11) is -4.01. The van der Waals surface area contributed by atoms with E-state index in [1.165, 1.54) is 11.1 Å². The number of halogens is 2. The number of piperazine rings is 1. The molecule has 0 radical (unpaired) electrons. The van der Waals surface area contributed by atoms with Crippen molar-refractivity contribution < 1.29 is 22.5 Å². The molecule has 0 atom stereocenters. The van der Waals surface area contributed by atoms with E-state index < -0.39 is 10.1 Å². The van der Waals surface area contributed by atoms with Crippen molar-refractivity contribution in [2.75, 3.05) is 38.5 Å². The zero-order chi connectivity index (χ0) is 24.9. The zero-order valence-electron chi connectivity index (χ0n) is 19.4. The van der Waals surface area contributed by atoms with Crippen molar-refractivity contribution >= 4 is 43.6 Å². The molecule has 3 rings (SSSR count). The zero-order valence-corrected chi connectivity index (χ0v) is 22.5. The number of rotatable bonds is 9. The molecule has 0 saturated carbocycles. The number of aryl methyl sites for hydroxylation is 3. The van der Waals surface area contributed by atoms with Gasteiger partial charge in [-0.15, -0.1) is 0 Å². The summed E-state index contributed by atoms with van der Waals surface area (Å²) in [6.45, 7) is 7.66. The van der Waals surface area contributed by atoms with Crippen molar-refractivity contribution in [2.45, 2.75) is 33.2 Å². The largest absolute Gasteiger partial charge is 0.483 e. The van der Waals surface area contributed by atoms with Gasteiger partial charge in [-0.3, -0.25) is 14.2 Å². The third kappa shape index (κ3) is 7.95. The third-order valence-corrected chi connectivity index (χ3v) is 7.66. The lowest BCUT2D eigenvalue weighted by Gasteiger charge is -2.35. The predicted molar refractivity (Wildman–Crippen MR) is 137 cm³/mol. The van der Waals surface area contributed by atoms with Crippen LogP contribution in [-0.2, 0) is 27.9 Å². The average Bonchev–Trinajstić information content (AvgIpc) is 2.76. The minimum Gasteiger partial charge on any atom is -0.483 e. The molecular formula is C24H30BrClN2O5S. The lowest BCUT2D eigenvalue weighted by molar-refractivity contribution is -0.135. The standard InChI is InChI=1S/C24H30BrClN2O5S/c1-17-13-22(26)18(2)12-20(17)15-27-7-9-28(10-8-27)24(29)16-33-23-6-5-21(25)14-19(23)4-3-11-34(30,31)32/h5-6,12-14H,3-4,7-11,15-16H2,1-2H3,(H,30,31,32). The minimum absolute atomic E-state index is 0.0787. The van der Waals surface area contributed by atoms with Crippen LogP contribution in [0.2, 0.25) is 5.02 Å². The molecule has 1 amide bonds. The van der Waals surface area contributed by atoms with Gasteiger partial charge in [0, 0.05) is 42.2 Å². The highest BCUT2D eigenvalue weighted by Crippen LogP contribution is 2.25. The summed E-state index contributed by atoms with van der Waals surface area (Å²) in [5.41, 5.74) is 4.27. The van der Waals surface area contributed by atoms with Crippen molar-refractivity contribution in [1.29, 1.82) is 0 Å². The summed E-state index contributed by atoms with van der Waals surface area (Å²) in [5.74, 6) is 0.140. The summed E-state index contributed by atoms with van der Waals surface area (Å²) in [5, 5.41) is 0.782. The van der Waals surface area contributed by atoms with Gasteiger partial charge in [-0.2, -0.15) is 8.42 Å². The van der Waals surface area contributed by atoms with Crippen molar-refractivity contribution in [3.05, 3.63) is 62.1 Å². The fraction of sp³-hybridized carbons (Fsp3) is 0.458. The quantitative estimate of drug-likeness (QED) is 0.451. The molecule has 0 unspecified atom stereocenters. The van der Waals surface area contributed by atoms with E-state index in [0.29, 0.717) is 25.3 Å². The molecule has 186 valence electrons. The first-order chi connectivity index (χ1) is 16.0. The molecule has 34 heavy (non-hydrogen) atoms. The molecular weight excluding hydrogens is 544 g/mol. The number of carbonyl (C=O) groups excluding carboxylic acids is 1. The van der Waals surface area contributed by atoms with Gasteiger partial charge in [0.05, 0.1) is 5.75 Å². The normalized spacial score (nSPS) is 14.9. The maximum absolute atomic E-state index is 12.7. The van der Waals surface area contributed by atoms with Crippen molar-refractivity contribution in [3.8, 4) is 5.75 Å². The Bertz CT molecular complexity index is 1130. The molecule has 0 bridgehead atoms. The van der Waals surface area contributed by atoms with Crippen LogP contribution in [0.4, 0.5) is 0 Å². The molecule has 0 aliphatic carbocycles. The van der Waals surface area contributed by atoms with E-state index in [1.807, 2.05) is 30.0 Å². The molecule has 1 heterocycles. The van der Waals surface area contributed by atoms with Gasteiger partial charge in [-0.05, 0) is 73.2 Å². The van der Waals surface area contributed by atoms with Crippen LogP contribution in [0.3, 0.4) is 0 Å². The Kier molecular flexibility index (Phi) is 9.40. The molecule has 2 aromatic carbocycles. The number of amides is 1. The first-order valence-corrected chi connectivity index (χ1v) is 13.9. The summed E-state index contributed by atoms with van der Waals surface area (Å²) >= 11 is 9.61. The number of carbonyl (C=O) groups is 1. The molecule has 1 N–H and O–H groups in total. The van der Waals surface area contributed by atoms with Crippen LogP contribution >= 0.6 is 27.5 Å². The lowest BCUT2D eigenvalue weighted by atomic mass is 10.0. The van der Waals surface area contributed by atoms with Crippen LogP contribution in [0.15, 0.2) is 34.8 Å². The lowest BCUT2D eigenvalue weighted by Crippen LogP contribution is -2.49. The molecule has 7 nitrogen and oxygen atoms in total. The fourth-order valence-electron chi connectivity index (χ4n) is 3.97. The van der Waals surface area contributed by atoms with Crippen LogP contribution in [0.5, 0.6) is 5.75 Å². The minimum atomic E-state index is -4.01. The van der Waals surface area contributed by atoms with Crippen LogP contribution < -0.4 is 4.74 Å². The predicted octanol–water partition coefficient (Wildman–Crippen LogP) is 4.26. The van der Waals surface area contributed by atoms with Gasteiger partial charge in [0.1, 0.15) is 5.75 Å². The summed E-state index contributed by atoms with van der Waals surface area (Å²) < 4.78 is 37.6. The fourth-order valence-corrected chi connectivity index (χ4v) is 5.10. The van der Waals surface area contributed by atoms with Gasteiger partial charge in [0.2, 0.25) is 0 Å². The first kappa shape index (κ1) is 26.9. The highest BCUT2D eigenvalue weighted by Gasteiger charge is 2.22. The van der Waals surface area contributed by atoms with Crippen LogP contribution in [0, 0.1) is 13.8 Å². The van der Waals surface area contributed by atoms with Crippen molar-refractivity contribution in [1.82, 2.24) is 9.80 Å². The van der Waals surface area contributed by atoms with Gasteiger partial charge in [0.15, 0.2) is 6.61 Å². The number of hydrogen-bond acceptors (Lipinski definition) is 5. The Morgan fingerprint density at radius 1 is 1.09 bits per heavy atom. The van der Waals surface area contributed by atoms with E-state index in [-0.39, 0.29) is 24.7 Å². The van der Waals surface area contributed by atoms with E-state index >= 15 is 0 Å². The maximum atomic E-state index is 12.7. The highest BCUT2D eigenvalue weighted by molar-refractivity contribution is 9.10. The average molecular weight is 574 g/mol. The van der Waals surface area contributed by atoms with E-state index in [4.69, 9.17) is 20.9 Å². The van der Waals surface area contributed by atoms with E-state index in [1.54, 1.807) is 6.07 Å². The summed E-state index contributed by atoms with van der Waals surface area (Å²) in [4.78, 5) is 16.9. The topological polar surface area (TPSA) is 87.2 Å². The highest BCUT2D eigenvalue weighted by atomic mass is 79.9. The smallest absolute Gasteiger partial charge is 0.264 e. The molecule has 1 fully saturated rings. The van der Waals surface area contributed by atoms with E-state index in [9.17, 15) is 13.2 Å². The Morgan fingerprint density at radius 2 is 1.79 bits per heavy atom. The number of hydrogen-bond donors (Lipinski definition) is 1. The molecule has 10 heteroatoms. The second kappa shape index (κ2) is 11.9. The van der Waals surface area contributed by atoms with Gasteiger partial charge >= 0.3 is 0 Å². The van der Waals surface area contributed by atoms with E-state index in [2.05, 4.69) is 33.8 Å². The van der Waals surface area contributed by atoms with Gasteiger partial charge in [-0.1, -0.05) is 33.6 Å². The Labute approximate surface area is 214 Å². The monoisotopic (exact) mass is 572 g/mol. The Balaban J connectivity index is 1.50. The van der Waals surface area contributed by atoms with Crippen molar-refractivity contribution in [3.63, 3.8) is 0 Å². The van der Waals surface area contributed by atoms with Crippen molar-refractivity contribution in [2.24, 2.45) is 0 Å². The second-order valence-electron chi connectivity index (χ2n) is 8.62. The molecule has 1 aliphatic heterocycles. The van der Waals surface area contributed by atoms with Crippen LogP contribution in [0.1, 0.15) is 28.7 Å².